The highest BCUT2D eigenvalue weighted by molar-refractivity contribution is 5.33. The molecule has 0 aromatic heterocycles. The Bertz CT molecular complexity index is 284. The first kappa shape index (κ1) is 12.1. The van der Waals surface area contributed by atoms with Gasteiger partial charge in [0.15, 0.2) is 0 Å². The lowest BCUT2D eigenvalue weighted by atomic mass is 10.1. The maximum absolute atomic E-state index is 5.72. The molecule has 0 fully saturated rings. The summed E-state index contributed by atoms with van der Waals surface area (Å²) in [6.07, 6.45) is 1.02. The molecular formula is C13H21NO. The molecule has 0 amide bonds. The second-order valence-electron chi connectivity index (χ2n) is 3.92. The highest BCUT2D eigenvalue weighted by Crippen LogP contribution is 2.17. The second-order valence-corrected chi connectivity index (χ2v) is 3.92. The van der Waals surface area contributed by atoms with Crippen molar-refractivity contribution in [2.75, 3.05) is 13.2 Å². The molecule has 84 valence electrons. The van der Waals surface area contributed by atoms with Crippen molar-refractivity contribution in [3.05, 3.63) is 29.8 Å². The summed E-state index contributed by atoms with van der Waals surface area (Å²) >= 11 is 0. The van der Waals surface area contributed by atoms with Gasteiger partial charge in [0.05, 0.1) is 0 Å². The molecule has 0 heterocycles. The number of nitrogens with one attached hydrogen (secondary N) is 1. The minimum Gasteiger partial charge on any atom is -0.492 e. The van der Waals surface area contributed by atoms with Gasteiger partial charge >= 0.3 is 0 Å². The third kappa shape index (κ3) is 4.34. The SMILES string of the molecule is CCc1ccccc1OCCNC(C)C. The minimum atomic E-state index is 0.523. The molecule has 2 nitrogen and oxygen atoms in total. The van der Waals surface area contributed by atoms with Gasteiger partial charge in [-0.3, -0.25) is 0 Å². The predicted octanol–water partition coefficient (Wildman–Crippen LogP) is 2.63. The molecule has 15 heavy (non-hydrogen) atoms. The summed E-state index contributed by atoms with van der Waals surface area (Å²) in [6, 6.07) is 8.75. The average molecular weight is 207 g/mol. The van der Waals surface area contributed by atoms with Crippen LogP contribution in [0.1, 0.15) is 26.3 Å². The molecule has 0 radical (unpaired) electrons. The zero-order valence-corrected chi connectivity index (χ0v) is 9.92. The maximum atomic E-state index is 5.72. The molecule has 1 aromatic rings. The van der Waals surface area contributed by atoms with Gasteiger partial charge in [-0.1, -0.05) is 39.0 Å². The van der Waals surface area contributed by atoms with E-state index in [1.165, 1.54) is 5.56 Å². The van der Waals surface area contributed by atoms with Crippen LogP contribution in [0.5, 0.6) is 5.75 Å². The molecule has 2 heteroatoms. The molecule has 0 spiro atoms. The zero-order valence-electron chi connectivity index (χ0n) is 9.92. The highest BCUT2D eigenvalue weighted by Gasteiger charge is 1.99. The van der Waals surface area contributed by atoms with Crippen molar-refractivity contribution >= 4 is 0 Å². The van der Waals surface area contributed by atoms with Crippen LogP contribution < -0.4 is 10.1 Å². The van der Waals surface area contributed by atoms with Crippen LogP contribution in [0.2, 0.25) is 0 Å². The van der Waals surface area contributed by atoms with Crippen LogP contribution in [-0.4, -0.2) is 19.2 Å². The molecule has 0 atom stereocenters. The van der Waals surface area contributed by atoms with Crippen LogP contribution in [0.15, 0.2) is 24.3 Å². The van der Waals surface area contributed by atoms with Crippen molar-refractivity contribution in [3.63, 3.8) is 0 Å². The number of para-hydroxylation sites is 1. The van der Waals surface area contributed by atoms with Crippen molar-refractivity contribution in [2.45, 2.75) is 33.2 Å². The monoisotopic (exact) mass is 207 g/mol. The number of aryl methyl sites for hydroxylation is 1. The first-order valence-electron chi connectivity index (χ1n) is 5.68. The number of benzene rings is 1. The van der Waals surface area contributed by atoms with E-state index in [4.69, 9.17) is 4.74 Å². The summed E-state index contributed by atoms with van der Waals surface area (Å²) in [5.74, 6) is 1.02. The Labute approximate surface area is 92.6 Å². The first-order valence-corrected chi connectivity index (χ1v) is 5.68. The largest absolute Gasteiger partial charge is 0.492 e. The number of hydrogen-bond donors (Lipinski definition) is 1. The first-order chi connectivity index (χ1) is 7.24. The van der Waals surface area contributed by atoms with Gasteiger partial charge in [0.1, 0.15) is 12.4 Å². The number of ether oxygens (including phenoxy) is 1. The van der Waals surface area contributed by atoms with E-state index in [1.807, 2.05) is 12.1 Å². The zero-order chi connectivity index (χ0) is 11.1. The van der Waals surface area contributed by atoms with E-state index in [9.17, 15) is 0 Å². The second kappa shape index (κ2) is 6.46. The topological polar surface area (TPSA) is 21.3 Å². The standard InChI is InChI=1S/C13H21NO/c1-4-12-7-5-6-8-13(12)15-10-9-14-11(2)3/h5-8,11,14H,4,9-10H2,1-3H3. The van der Waals surface area contributed by atoms with Gasteiger partial charge in [-0.05, 0) is 18.1 Å². The lowest BCUT2D eigenvalue weighted by Crippen LogP contribution is -2.27. The van der Waals surface area contributed by atoms with Gasteiger partial charge in [-0.2, -0.15) is 0 Å². The summed E-state index contributed by atoms with van der Waals surface area (Å²) in [6.45, 7) is 8.06. The van der Waals surface area contributed by atoms with Gasteiger partial charge in [0, 0.05) is 12.6 Å². The van der Waals surface area contributed by atoms with E-state index in [2.05, 4.69) is 38.2 Å². The Kier molecular flexibility index (Phi) is 5.19. The Balaban J connectivity index is 2.36. The molecule has 0 aliphatic carbocycles. The quantitative estimate of drug-likeness (QED) is 0.724. The van der Waals surface area contributed by atoms with Gasteiger partial charge < -0.3 is 10.1 Å². The van der Waals surface area contributed by atoms with E-state index in [-0.39, 0.29) is 0 Å². The van der Waals surface area contributed by atoms with E-state index in [1.54, 1.807) is 0 Å². The summed E-state index contributed by atoms with van der Waals surface area (Å²) in [7, 11) is 0. The third-order valence-electron chi connectivity index (χ3n) is 2.27. The van der Waals surface area contributed by atoms with Crippen molar-refractivity contribution in [1.29, 1.82) is 0 Å². The van der Waals surface area contributed by atoms with Crippen molar-refractivity contribution in [2.24, 2.45) is 0 Å². The fourth-order valence-corrected chi connectivity index (χ4v) is 1.45. The Hall–Kier alpha value is -1.02. The van der Waals surface area contributed by atoms with E-state index in [0.29, 0.717) is 6.04 Å². The Morgan fingerprint density at radius 3 is 2.67 bits per heavy atom. The fourth-order valence-electron chi connectivity index (χ4n) is 1.45. The summed E-state index contributed by atoms with van der Waals surface area (Å²) in [5.41, 5.74) is 1.28. The van der Waals surface area contributed by atoms with Gasteiger partial charge in [0.25, 0.3) is 0 Å². The van der Waals surface area contributed by atoms with Gasteiger partial charge in [-0.15, -0.1) is 0 Å². The lowest BCUT2D eigenvalue weighted by molar-refractivity contribution is 0.306. The molecule has 0 aliphatic heterocycles. The van der Waals surface area contributed by atoms with Crippen LogP contribution in [0.4, 0.5) is 0 Å². The number of hydrogen-bond acceptors (Lipinski definition) is 2. The molecule has 1 N–H and O–H groups in total. The minimum absolute atomic E-state index is 0.523. The fraction of sp³-hybridized carbons (Fsp3) is 0.538. The molecule has 1 aromatic carbocycles. The van der Waals surface area contributed by atoms with Crippen LogP contribution in [0, 0.1) is 0 Å². The van der Waals surface area contributed by atoms with Gasteiger partial charge in [0.2, 0.25) is 0 Å². The van der Waals surface area contributed by atoms with Crippen molar-refractivity contribution < 1.29 is 4.74 Å². The van der Waals surface area contributed by atoms with Crippen LogP contribution >= 0.6 is 0 Å². The van der Waals surface area contributed by atoms with Crippen LogP contribution in [0.25, 0.3) is 0 Å². The molecule has 0 bridgehead atoms. The normalized spacial score (nSPS) is 10.7. The molecule has 1 rings (SSSR count). The van der Waals surface area contributed by atoms with Crippen LogP contribution in [-0.2, 0) is 6.42 Å². The molecule has 0 unspecified atom stereocenters. The van der Waals surface area contributed by atoms with Gasteiger partial charge in [-0.25, -0.2) is 0 Å². The Morgan fingerprint density at radius 2 is 2.00 bits per heavy atom. The van der Waals surface area contributed by atoms with E-state index < -0.39 is 0 Å². The van der Waals surface area contributed by atoms with Crippen molar-refractivity contribution in [1.82, 2.24) is 5.32 Å². The van der Waals surface area contributed by atoms with E-state index in [0.717, 1.165) is 25.3 Å². The third-order valence-corrected chi connectivity index (χ3v) is 2.27. The summed E-state index contributed by atoms with van der Waals surface area (Å²) in [4.78, 5) is 0. The molecular weight excluding hydrogens is 186 g/mol. The van der Waals surface area contributed by atoms with Crippen LogP contribution in [0.3, 0.4) is 0 Å². The smallest absolute Gasteiger partial charge is 0.122 e. The molecule has 0 saturated heterocycles. The highest BCUT2D eigenvalue weighted by atomic mass is 16.5. The lowest BCUT2D eigenvalue weighted by Gasteiger charge is -2.12. The maximum Gasteiger partial charge on any atom is 0.122 e. The van der Waals surface area contributed by atoms with E-state index >= 15 is 0 Å². The Morgan fingerprint density at radius 1 is 1.27 bits per heavy atom. The summed E-state index contributed by atoms with van der Waals surface area (Å²) < 4.78 is 5.72. The average Bonchev–Trinajstić information content (AvgIpc) is 2.24. The predicted molar refractivity (Wildman–Crippen MR) is 64.5 cm³/mol. The molecule has 0 saturated carbocycles. The molecule has 0 aliphatic rings. The summed E-state index contributed by atoms with van der Waals surface area (Å²) in [5, 5.41) is 3.33. The van der Waals surface area contributed by atoms with Crippen molar-refractivity contribution in [3.8, 4) is 5.75 Å². The number of rotatable bonds is 6.